The summed E-state index contributed by atoms with van der Waals surface area (Å²) in [4.78, 5) is 2.53. The first-order valence-corrected chi connectivity index (χ1v) is 8.21. The molecule has 3 rings (SSSR count). The molecular weight excluding hydrogens is 270 g/mol. The van der Waals surface area contributed by atoms with Crippen molar-refractivity contribution >= 4 is 0 Å². The Morgan fingerprint density at radius 3 is 2.09 bits per heavy atom. The van der Waals surface area contributed by atoms with Crippen molar-refractivity contribution in [1.29, 1.82) is 0 Å². The van der Waals surface area contributed by atoms with Gasteiger partial charge in [0.05, 0.1) is 0 Å². The van der Waals surface area contributed by atoms with Crippen molar-refractivity contribution in [2.45, 2.75) is 39.8 Å². The van der Waals surface area contributed by atoms with Crippen LogP contribution >= 0.6 is 0 Å². The summed E-state index contributed by atoms with van der Waals surface area (Å²) in [5.41, 5.74) is 5.03. The molecule has 1 aliphatic rings. The maximum Gasteiger partial charge on any atom is 0.125 e. The fourth-order valence-electron chi connectivity index (χ4n) is 3.12. The Morgan fingerprint density at radius 1 is 0.864 bits per heavy atom. The molecule has 0 spiro atoms. The van der Waals surface area contributed by atoms with Crippen LogP contribution in [-0.4, -0.2) is 18.0 Å². The Bertz CT molecular complexity index is 592. The molecule has 2 nitrogen and oxygen atoms in total. The van der Waals surface area contributed by atoms with Crippen LogP contribution in [0, 0.1) is 13.8 Å². The van der Waals surface area contributed by atoms with E-state index in [1.807, 2.05) is 0 Å². The lowest BCUT2D eigenvalue weighted by atomic mass is 10.1. The maximum absolute atomic E-state index is 6.02. The fourth-order valence-corrected chi connectivity index (χ4v) is 3.12. The summed E-state index contributed by atoms with van der Waals surface area (Å²) in [7, 11) is 0. The summed E-state index contributed by atoms with van der Waals surface area (Å²) in [6.07, 6.45) is 2.70. The van der Waals surface area contributed by atoms with E-state index in [4.69, 9.17) is 4.74 Å². The highest BCUT2D eigenvalue weighted by atomic mass is 16.5. The molecule has 0 unspecified atom stereocenters. The van der Waals surface area contributed by atoms with Gasteiger partial charge in [-0.3, -0.25) is 4.90 Å². The zero-order chi connectivity index (χ0) is 15.4. The van der Waals surface area contributed by atoms with Gasteiger partial charge in [-0.15, -0.1) is 0 Å². The summed E-state index contributed by atoms with van der Waals surface area (Å²) in [6.45, 7) is 8.41. The summed E-state index contributed by atoms with van der Waals surface area (Å²) in [5, 5.41) is 0. The number of hydrogen-bond donors (Lipinski definition) is 0. The van der Waals surface area contributed by atoms with Gasteiger partial charge in [0.25, 0.3) is 0 Å². The number of para-hydroxylation sites is 1. The van der Waals surface area contributed by atoms with E-state index in [0.717, 1.165) is 12.3 Å². The van der Waals surface area contributed by atoms with E-state index in [1.54, 1.807) is 0 Å². The van der Waals surface area contributed by atoms with Crippen molar-refractivity contribution < 1.29 is 4.74 Å². The molecule has 1 heterocycles. The molecule has 22 heavy (non-hydrogen) atoms. The van der Waals surface area contributed by atoms with Crippen molar-refractivity contribution in [1.82, 2.24) is 4.90 Å². The normalized spacial score (nSPS) is 15.2. The monoisotopic (exact) mass is 295 g/mol. The lowest BCUT2D eigenvalue weighted by Gasteiger charge is -2.15. The van der Waals surface area contributed by atoms with Crippen LogP contribution in [-0.2, 0) is 13.2 Å². The topological polar surface area (TPSA) is 12.5 Å². The third-order valence-corrected chi connectivity index (χ3v) is 4.42. The predicted molar refractivity (Wildman–Crippen MR) is 91.2 cm³/mol. The molecule has 1 saturated heterocycles. The van der Waals surface area contributed by atoms with Crippen LogP contribution in [0.3, 0.4) is 0 Å². The van der Waals surface area contributed by atoms with Gasteiger partial charge in [-0.2, -0.15) is 0 Å². The van der Waals surface area contributed by atoms with Crippen LogP contribution in [0.15, 0.2) is 42.5 Å². The van der Waals surface area contributed by atoms with Gasteiger partial charge >= 0.3 is 0 Å². The molecule has 116 valence electrons. The molecule has 0 aliphatic carbocycles. The Balaban J connectivity index is 1.59. The second-order valence-electron chi connectivity index (χ2n) is 6.31. The van der Waals surface area contributed by atoms with E-state index >= 15 is 0 Å². The predicted octanol–water partition coefficient (Wildman–Crippen LogP) is 4.48. The quantitative estimate of drug-likeness (QED) is 0.806. The first-order chi connectivity index (χ1) is 10.7. The molecule has 0 N–H and O–H groups in total. The van der Waals surface area contributed by atoms with Crippen LogP contribution in [0.1, 0.15) is 35.1 Å². The van der Waals surface area contributed by atoms with Crippen LogP contribution in [0.25, 0.3) is 0 Å². The molecule has 0 radical (unpaired) electrons. The van der Waals surface area contributed by atoms with E-state index in [9.17, 15) is 0 Å². The number of hydrogen-bond acceptors (Lipinski definition) is 2. The number of aryl methyl sites for hydroxylation is 2. The number of rotatable bonds is 5. The zero-order valence-electron chi connectivity index (χ0n) is 13.6. The van der Waals surface area contributed by atoms with Crippen molar-refractivity contribution in [2.75, 3.05) is 13.1 Å². The van der Waals surface area contributed by atoms with E-state index in [-0.39, 0.29) is 0 Å². The average Bonchev–Trinajstić information content (AvgIpc) is 3.01. The van der Waals surface area contributed by atoms with Crippen molar-refractivity contribution in [3.63, 3.8) is 0 Å². The highest BCUT2D eigenvalue weighted by Gasteiger charge is 2.11. The first kappa shape index (κ1) is 15.1. The van der Waals surface area contributed by atoms with E-state index in [2.05, 4.69) is 61.2 Å². The van der Waals surface area contributed by atoms with Gasteiger partial charge < -0.3 is 4.74 Å². The molecule has 1 aliphatic heterocycles. The van der Waals surface area contributed by atoms with E-state index < -0.39 is 0 Å². The molecule has 1 fully saturated rings. The highest BCUT2D eigenvalue weighted by Crippen LogP contribution is 2.23. The lowest BCUT2D eigenvalue weighted by Crippen LogP contribution is -2.18. The summed E-state index contributed by atoms with van der Waals surface area (Å²) < 4.78 is 6.02. The number of ether oxygens (including phenoxy) is 1. The molecule has 0 bridgehead atoms. The molecule has 2 aromatic carbocycles. The minimum absolute atomic E-state index is 0.635. The Morgan fingerprint density at radius 2 is 1.45 bits per heavy atom. The molecule has 0 saturated carbocycles. The molecule has 0 aromatic heterocycles. The minimum atomic E-state index is 0.635. The fraction of sp³-hybridized carbons (Fsp3) is 0.400. The SMILES string of the molecule is Cc1cccc(C)c1OCc1ccc(CN2CCCC2)cc1. The first-order valence-electron chi connectivity index (χ1n) is 8.21. The van der Waals surface area contributed by atoms with Crippen LogP contribution in [0.5, 0.6) is 5.75 Å². The lowest BCUT2D eigenvalue weighted by molar-refractivity contribution is 0.301. The Kier molecular flexibility index (Phi) is 4.79. The summed E-state index contributed by atoms with van der Waals surface area (Å²) >= 11 is 0. The van der Waals surface area contributed by atoms with Gasteiger partial charge in [0.2, 0.25) is 0 Å². The molecule has 2 aromatic rings. The van der Waals surface area contributed by atoms with Gasteiger partial charge in [0.15, 0.2) is 0 Å². The third kappa shape index (κ3) is 3.69. The van der Waals surface area contributed by atoms with Gasteiger partial charge in [-0.25, -0.2) is 0 Å². The highest BCUT2D eigenvalue weighted by molar-refractivity contribution is 5.39. The zero-order valence-corrected chi connectivity index (χ0v) is 13.6. The van der Waals surface area contributed by atoms with Crippen LogP contribution in [0.4, 0.5) is 0 Å². The molecule has 0 atom stereocenters. The smallest absolute Gasteiger partial charge is 0.125 e. The van der Waals surface area contributed by atoms with Crippen LogP contribution in [0.2, 0.25) is 0 Å². The third-order valence-electron chi connectivity index (χ3n) is 4.42. The second kappa shape index (κ2) is 6.97. The maximum atomic E-state index is 6.02. The number of nitrogens with zero attached hydrogens (tertiary/aromatic N) is 1. The minimum Gasteiger partial charge on any atom is -0.488 e. The van der Waals surface area contributed by atoms with Gasteiger partial charge in [-0.05, 0) is 62.0 Å². The van der Waals surface area contributed by atoms with Crippen molar-refractivity contribution in [3.05, 3.63) is 64.7 Å². The Labute approximate surface area is 133 Å². The van der Waals surface area contributed by atoms with Gasteiger partial charge in [-0.1, -0.05) is 42.5 Å². The standard InChI is InChI=1S/C20H25NO/c1-16-6-5-7-17(2)20(16)22-15-19-10-8-18(9-11-19)14-21-12-3-4-13-21/h5-11H,3-4,12-15H2,1-2H3. The summed E-state index contributed by atoms with van der Waals surface area (Å²) in [6, 6.07) is 15.1. The van der Waals surface area contributed by atoms with Crippen molar-refractivity contribution in [3.8, 4) is 5.75 Å². The van der Waals surface area contributed by atoms with Crippen molar-refractivity contribution in [2.24, 2.45) is 0 Å². The number of benzene rings is 2. The van der Waals surface area contributed by atoms with E-state index in [0.29, 0.717) is 6.61 Å². The number of likely N-dealkylation sites (tertiary alicyclic amines) is 1. The second-order valence-corrected chi connectivity index (χ2v) is 6.31. The van der Waals surface area contributed by atoms with Gasteiger partial charge in [0, 0.05) is 6.54 Å². The molecular formula is C20H25NO. The van der Waals surface area contributed by atoms with Crippen LogP contribution < -0.4 is 4.74 Å². The largest absolute Gasteiger partial charge is 0.488 e. The van der Waals surface area contributed by atoms with E-state index in [1.165, 1.54) is 48.2 Å². The average molecular weight is 295 g/mol. The Hall–Kier alpha value is -1.80. The summed E-state index contributed by atoms with van der Waals surface area (Å²) in [5.74, 6) is 1.02. The molecule has 2 heteroatoms. The van der Waals surface area contributed by atoms with Gasteiger partial charge in [0.1, 0.15) is 12.4 Å². The molecule has 0 amide bonds.